The van der Waals surface area contributed by atoms with Gasteiger partial charge in [-0.05, 0) is 54.1 Å². The number of anilines is 1. The first-order valence-corrected chi connectivity index (χ1v) is 11.3. The maximum atomic E-state index is 14.3. The second-order valence-corrected chi connectivity index (χ2v) is 9.01. The van der Waals surface area contributed by atoms with E-state index in [4.69, 9.17) is 0 Å². The summed E-state index contributed by atoms with van der Waals surface area (Å²) in [6, 6.07) is 10.4. The van der Waals surface area contributed by atoms with Crippen LogP contribution in [0.3, 0.4) is 0 Å². The molecule has 0 bridgehead atoms. The van der Waals surface area contributed by atoms with Crippen LogP contribution >= 0.6 is 11.3 Å². The van der Waals surface area contributed by atoms with E-state index in [0.717, 1.165) is 12.1 Å². The van der Waals surface area contributed by atoms with E-state index >= 15 is 0 Å². The molecule has 3 aromatic rings. The first kappa shape index (κ1) is 21.3. The smallest absolute Gasteiger partial charge is 0.261 e. The predicted octanol–water partition coefficient (Wildman–Crippen LogP) is 4.05. The van der Waals surface area contributed by atoms with Crippen molar-refractivity contribution in [2.75, 3.05) is 11.9 Å². The minimum Gasteiger partial charge on any atom is -0.348 e. The van der Waals surface area contributed by atoms with Gasteiger partial charge >= 0.3 is 0 Å². The Morgan fingerprint density at radius 3 is 2.70 bits per heavy atom. The summed E-state index contributed by atoms with van der Waals surface area (Å²) >= 11 is 1.34. The standard InChI is InChI=1S/C24H19F2N3O3S/c25-14-4-5-16(18(26)11-14)13-3-6-19-17(10-13)24(32)29-8-7-15(12-20(29)22(30)28-19)27-23(31)21-2-1-9-33-21/h1-6,9-11,15,20H,7-8,12H2,(H,27,31)(H,28,30)/t15-,20-/m0/s1. The molecule has 168 valence electrons. The first-order valence-electron chi connectivity index (χ1n) is 10.5. The zero-order valence-corrected chi connectivity index (χ0v) is 18.1. The minimum atomic E-state index is -0.738. The lowest BCUT2D eigenvalue weighted by Gasteiger charge is -2.37. The van der Waals surface area contributed by atoms with E-state index in [1.807, 2.05) is 5.38 Å². The molecule has 1 saturated heterocycles. The van der Waals surface area contributed by atoms with Gasteiger partial charge in [-0.15, -0.1) is 11.3 Å². The molecule has 1 aromatic heterocycles. The highest BCUT2D eigenvalue weighted by Gasteiger charge is 2.40. The summed E-state index contributed by atoms with van der Waals surface area (Å²) in [5.41, 5.74) is 1.15. The van der Waals surface area contributed by atoms with Crippen LogP contribution in [0.1, 0.15) is 32.9 Å². The third kappa shape index (κ3) is 4.00. The van der Waals surface area contributed by atoms with Crippen LogP contribution in [0.4, 0.5) is 14.5 Å². The summed E-state index contributed by atoms with van der Waals surface area (Å²) in [4.78, 5) is 40.8. The molecule has 2 N–H and O–H groups in total. The van der Waals surface area contributed by atoms with Crippen LogP contribution in [0.5, 0.6) is 0 Å². The van der Waals surface area contributed by atoms with Gasteiger partial charge in [0.1, 0.15) is 17.7 Å². The van der Waals surface area contributed by atoms with Gasteiger partial charge in [0.2, 0.25) is 5.91 Å². The fourth-order valence-electron chi connectivity index (χ4n) is 4.34. The third-order valence-electron chi connectivity index (χ3n) is 6.00. The Morgan fingerprint density at radius 2 is 1.94 bits per heavy atom. The number of hydrogen-bond donors (Lipinski definition) is 2. The second-order valence-electron chi connectivity index (χ2n) is 8.06. The molecule has 3 heterocycles. The molecule has 5 rings (SSSR count). The summed E-state index contributed by atoms with van der Waals surface area (Å²) < 4.78 is 27.6. The summed E-state index contributed by atoms with van der Waals surface area (Å²) in [6.45, 7) is 0.293. The molecule has 3 amide bonds. The number of carbonyl (C=O) groups excluding carboxylic acids is 3. The Hall–Kier alpha value is -3.59. The third-order valence-corrected chi connectivity index (χ3v) is 6.86. The van der Waals surface area contributed by atoms with Crippen LogP contribution in [0.2, 0.25) is 0 Å². The number of halogens is 2. The van der Waals surface area contributed by atoms with Gasteiger partial charge in [-0.25, -0.2) is 8.78 Å². The van der Waals surface area contributed by atoms with Crippen molar-refractivity contribution in [2.24, 2.45) is 0 Å². The molecule has 2 aliphatic rings. The number of benzene rings is 2. The van der Waals surface area contributed by atoms with Crippen LogP contribution in [-0.2, 0) is 4.79 Å². The lowest BCUT2D eigenvalue weighted by atomic mass is 9.95. The number of hydrogen-bond acceptors (Lipinski definition) is 4. The number of piperidine rings is 1. The second kappa shape index (κ2) is 8.40. The average molecular weight is 467 g/mol. The van der Waals surface area contributed by atoms with Crippen LogP contribution in [0.15, 0.2) is 53.9 Å². The first-order chi connectivity index (χ1) is 15.9. The van der Waals surface area contributed by atoms with Crippen LogP contribution in [-0.4, -0.2) is 41.2 Å². The van der Waals surface area contributed by atoms with Gasteiger partial charge in [0.25, 0.3) is 11.8 Å². The average Bonchev–Trinajstić information content (AvgIpc) is 3.31. The van der Waals surface area contributed by atoms with Crippen LogP contribution in [0, 0.1) is 11.6 Å². The molecular weight excluding hydrogens is 448 g/mol. The minimum absolute atomic E-state index is 0.161. The lowest BCUT2D eigenvalue weighted by Crippen LogP contribution is -2.54. The van der Waals surface area contributed by atoms with E-state index in [1.165, 1.54) is 28.4 Å². The van der Waals surface area contributed by atoms with Crippen LogP contribution in [0.25, 0.3) is 11.1 Å². The van der Waals surface area contributed by atoms with Gasteiger partial charge in [-0.1, -0.05) is 12.1 Å². The molecule has 33 heavy (non-hydrogen) atoms. The number of nitrogens with zero attached hydrogens (tertiary/aromatic N) is 1. The van der Waals surface area contributed by atoms with E-state index in [-0.39, 0.29) is 34.9 Å². The highest BCUT2D eigenvalue weighted by Crippen LogP contribution is 2.33. The fraction of sp³-hybridized carbons (Fsp3) is 0.208. The molecule has 0 radical (unpaired) electrons. The zero-order chi connectivity index (χ0) is 23.1. The van der Waals surface area contributed by atoms with Crippen molar-refractivity contribution in [2.45, 2.75) is 24.9 Å². The molecule has 2 aromatic carbocycles. The zero-order valence-electron chi connectivity index (χ0n) is 17.3. The number of fused-ring (bicyclic) bond motifs is 2. The van der Waals surface area contributed by atoms with Gasteiger partial charge in [0.05, 0.1) is 16.1 Å². The number of amides is 3. The molecule has 0 spiro atoms. The van der Waals surface area contributed by atoms with Gasteiger partial charge in [-0.3, -0.25) is 14.4 Å². The Balaban J connectivity index is 1.40. The van der Waals surface area contributed by atoms with Crippen LogP contribution < -0.4 is 10.6 Å². The molecule has 9 heteroatoms. The maximum Gasteiger partial charge on any atom is 0.261 e. The molecule has 0 saturated carbocycles. The van der Waals surface area contributed by atoms with E-state index in [1.54, 1.807) is 24.3 Å². The van der Waals surface area contributed by atoms with Gasteiger partial charge < -0.3 is 15.5 Å². The maximum absolute atomic E-state index is 14.3. The molecule has 2 aliphatic heterocycles. The number of thiophene rings is 1. The van der Waals surface area contributed by atoms with Gasteiger partial charge in [0, 0.05) is 24.2 Å². The molecular formula is C24H19F2N3O3S. The van der Waals surface area contributed by atoms with Crippen molar-refractivity contribution in [3.63, 3.8) is 0 Å². The Labute approximate surface area is 192 Å². The van der Waals surface area contributed by atoms with Crippen molar-refractivity contribution in [1.82, 2.24) is 10.2 Å². The van der Waals surface area contributed by atoms with E-state index in [2.05, 4.69) is 10.6 Å². The van der Waals surface area contributed by atoms with Crippen molar-refractivity contribution < 1.29 is 23.2 Å². The normalized spacial score (nSPS) is 19.9. The Bertz CT molecular complexity index is 1260. The predicted molar refractivity (Wildman–Crippen MR) is 120 cm³/mol. The lowest BCUT2D eigenvalue weighted by molar-refractivity contribution is -0.121. The number of rotatable bonds is 3. The number of carbonyl (C=O) groups is 3. The molecule has 0 unspecified atom stereocenters. The Kier molecular flexibility index (Phi) is 5.41. The molecule has 0 aliphatic carbocycles. The molecule has 2 atom stereocenters. The van der Waals surface area contributed by atoms with Gasteiger partial charge in [0.15, 0.2) is 0 Å². The topological polar surface area (TPSA) is 78.5 Å². The largest absolute Gasteiger partial charge is 0.348 e. The quantitative estimate of drug-likeness (QED) is 0.610. The summed E-state index contributed by atoms with van der Waals surface area (Å²) in [5.74, 6) is -2.30. The SMILES string of the molecule is O=C(N[C@H]1CCN2C(=O)c3cc(-c4ccc(F)cc4F)ccc3NC(=O)[C@@H]2C1)c1cccs1. The van der Waals surface area contributed by atoms with E-state index in [9.17, 15) is 23.2 Å². The molecule has 6 nitrogen and oxygen atoms in total. The Morgan fingerprint density at radius 1 is 1.09 bits per heavy atom. The summed E-state index contributed by atoms with van der Waals surface area (Å²) in [5, 5.41) is 7.56. The summed E-state index contributed by atoms with van der Waals surface area (Å²) in [7, 11) is 0. The highest BCUT2D eigenvalue weighted by atomic mass is 32.1. The molecule has 1 fully saturated rings. The highest BCUT2D eigenvalue weighted by molar-refractivity contribution is 7.12. The van der Waals surface area contributed by atoms with E-state index < -0.39 is 17.7 Å². The number of nitrogens with one attached hydrogen (secondary N) is 2. The monoisotopic (exact) mass is 467 g/mol. The summed E-state index contributed by atoms with van der Waals surface area (Å²) in [6.07, 6.45) is 0.802. The van der Waals surface area contributed by atoms with E-state index in [0.29, 0.717) is 35.5 Å². The van der Waals surface area contributed by atoms with Crippen molar-refractivity contribution in [3.8, 4) is 11.1 Å². The van der Waals surface area contributed by atoms with Gasteiger partial charge in [-0.2, -0.15) is 0 Å². The van der Waals surface area contributed by atoms with Crippen molar-refractivity contribution >= 4 is 34.7 Å². The van der Waals surface area contributed by atoms with Crippen molar-refractivity contribution in [1.29, 1.82) is 0 Å². The van der Waals surface area contributed by atoms with Crippen molar-refractivity contribution in [3.05, 3.63) is 76.0 Å². The fourth-order valence-corrected chi connectivity index (χ4v) is 4.97.